The van der Waals surface area contributed by atoms with Gasteiger partial charge in [-0.2, -0.15) is 0 Å². The number of epoxide rings is 1. The lowest BCUT2D eigenvalue weighted by Crippen LogP contribution is -2.61. The first kappa shape index (κ1) is 16.5. The Morgan fingerprint density at radius 2 is 1.39 bits per heavy atom. The summed E-state index contributed by atoms with van der Waals surface area (Å²) in [6.45, 7) is 4.75. The highest BCUT2D eigenvalue weighted by Gasteiger charge is 2.54. The quantitative estimate of drug-likeness (QED) is 0.403. The van der Waals surface area contributed by atoms with Gasteiger partial charge in [0.1, 0.15) is 8.07 Å². The largest absolute Gasteiger partial charge is 0.372 e. The van der Waals surface area contributed by atoms with Crippen LogP contribution < -0.4 is 10.4 Å². The minimum Gasteiger partial charge on any atom is -0.372 e. The molecule has 0 amide bonds. The highest BCUT2D eigenvalue weighted by Crippen LogP contribution is 2.34. The first-order valence-corrected chi connectivity index (χ1v) is 11.6. The molecule has 0 saturated carbocycles. The Morgan fingerprint density at radius 3 is 1.91 bits per heavy atom. The molecule has 2 heteroatoms. The lowest BCUT2D eigenvalue weighted by Gasteiger charge is -2.27. The molecule has 0 aliphatic carbocycles. The maximum Gasteiger partial charge on any atom is 0.149 e. The van der Waals surface area contributed by atoms with E-state index in [1.165, 1.54) is 42.5 Å². The van der Waals surface area contributed by atoms with E-state index in [2.05, 4.69) is 74.1 Å². The zero-order valence-corrected chi connectivity index (χ0v) is 15.4. The summed E-state index contributed by atoms with van der Waals surface area (Å²) < 4.78 is 6.23. The fraction of sp³-hybridized carbons (Fsp3) is 0.429. The van der Waals surface area contributed by atoms with Crippen LogP contribution in [0.1, 0.15) is 39.0 Å². The average Bonchev–Trinajstić information content (AvgIpc) is 3.40. The number of hydrogen-bond acceptors (Lipinski definition) is 1. The van der Waals surface area contributed by atoms with Crippen molar-refractivity contribution in [2.45, 2.75) is 57.4 Å². The van der Waals surface area contributed by atoms with E-state index in [9.17, 15) is 0 Å². The molecule has 1 aliphatic rings. The molecule has 1 fully saturated rings. The molecular weight excluding hydrogens is 296 g/mol. The summed E-state index contributed by atoms with van der Waals surface area (Å²) in [5.41, 5.74) is 0.439. The lowest BCUT2D eigenvalue weighted by atomic mass is 10.1. The topological polar surface area (TPSA) is 12.5 Å². The number of ether oxygens (including phenoxy) is 1. The Bertz CT molecular complexity index is 556. The SMILES string of the molecule is CCCCCC[C@@H]1O[C@@H]1[Si](C)(c1ccccc1)c1ccccc1. The molecule has 1 aliphatic heterocycles. The minimum absolute atomic E-state index is 0.439. The summed E-state index contributed by atoms with van der Waals surface area (Å²) in [6, 6.07) is 22.1. The predicted molar refractivity (Wildman–Crippen MR) is 101 cm³/mol. The first-order valence-electron chi connectivity index (χ1n) is 9.03. The molecule has 1 saturated heterocycles. The van der Waals surface area contributed by atoms with Crippen molar-refractivity contribution in [2.75, 3.05) is 0 Å². The number of benzene rings is 2. The van der Waals surface area contributed by atoms with Crippen LogP contribution in [0.3, 0.4) is 0 Å². The molecule has 2 aromatic rings. The molecule has 2 atom stereocenters. The van der Waals surface area contributed by atoms with Crippen molar-refractivity contribution < 1.29 is 4.74 Å². The van der Waals surface area contributed by atoms with Crippen molar-refractivity contribution >= 4 is 18.4 Å². The lowest BCUT2D eigenvalue weighted by molar-refractivity contribution is 0.378. The van der Waals surface area contributed by atoms with Gasteiger partial charge in [-0.25, -0.2) is 0 Å². The molecule has 23 heavy (non-hydrogen) atoms. The van der Waals surface area contributed by atoms with Gasteiger partial charge >= 0.3 is 0 Å². The Kier molecular flexibility index (Phi) is 5.34. The molecule has 2 aromatic carbocycles. The van der Waals surface area contributed by atoms with E-state index in [0.717, 1.165) is 0 Å². The second-order valence-corrected chi connectivity index (χ2v) is 11.0. The summed E-state index contributed by atoms with van der Waals surface area (Å²) in [6.07, 6.45) is 7.01. The van der Waals surface area contributed by atoms with Gasteiger partial charge in [0.25, 0.3) is 0 Å². The third-order valence-electron chi connectivity index (χ3n) is 5.24. The van der Waals surface area contributed by atoms with Crippen LogP contribution in [-0.4, -0.2) is 19.9 Å². The van der Waals surface area contributed by atoms with Crippen molar-refractivity contribution in [3.05, 3.63) is 60.7 Å². The van der Waals surface area contributed by atoms with Crippen LogP contribution in [0.5, 0.6) is 0 Å². The highest BCUT2D eigenvalue weighted by molar-refractivity contribution is 7.02. The molecule has 1 heterocycles. The fourth-order valence-electron chi connectivity index (χ4n) is 3.71. The predicted octanol–water partition coefficient (Wildman–Crippen LogP) is 4.16. The summed E-state index contributed by atoms with van der Waals surface area (Å²) in [7, 11) is -1.82. The van der Waals surface area contributed by atoms with Gasteiger partial charge < -0.3 is 4.74 Å². The smallest absolute Gasteiger partial charge is 0.149 e. The molecule has 0 aromatic heterocycles. The molecule has 0 N–H and O–H groups in total. The van der Waals surface area contributed by atoms with Crippen LogP contribution in [-0.2, 0) is 4.74 Å². The van der Waals surface area contributed by atoms with Crippen molar-refractivity contribution in [3.63, 3.8) is 0 Å². The van der Waals surface area contributed by atoms with Crippen LogP contribution in [0, 0.1) is 0 Å². The summed E-state index contributed by atoms with van der Waals surface area (Å²) in [5.74, 6) is 0. The van der Waals surface area contributed by atoms with Crippen LogP contribution in [0.15, 0.2) is 60.7 Å². The second-order valence-electron chi connectivity index (χ2n) is 6.88. The van der Waals surface area contributed by atoms with Gasteiger partial charge in [-0.3, -0.25) is 0 Å². The highest BCUT2D eigenvalue weighted by atomic mass is 28.3. The third-order valence-corrected chi connectivity index (χ3v) is 9.95. The van der Waals surface area contributed by atoms with Gasteiger partial charge in [0.15, 0.2) is 0 Å². The molecule has 0 bridgehead atoms. The number of rotatable bonds is 8. The Hall–Kier alpha value is -1.38. The Balaban J connectivity index is 1.78. The molecule has 3 rings (SSSR count). The Morgan fingerprint density at radius 1 is 0.826 bits per heavy atom. The maximum absolute atomic E-state index is 6.23. The van der Waals surface area contributed by atoms with Crippen LogP contribution in [0.4, 0.5) is 0 Å². The van der Waals surface area contributed by atoms with Crippen LogP contribution in [0.2, 0.25) is 6.55 Å². The molecule has 0 unspecified atom stereocenters. The molecule has 122 valence electrons. The standard InChI is InChI=1S/C21H28OSi/c1-3-4-5-12-17-20-21(22-20)23(2,18-13-8-6-9-14-18)19-15-10-7-11-16-19/h6-11,13-16,20-21H,3-5,12,17H2,1-2H3/t20-,21+/m0/s1. The van der Waals surface area contributed by atoms with Crippen molar-refractivity contribution in [2.24, 2.45) is 0 Å². The van der Waals surface area contributed by atoms with E-state index in [1.807, 2.05) is 0 Å². The van der Waals surface area contributed by atoms with Crippen molar-refractivity contribution in [1.29, 1.82) is 0 Å². The van der Waals surface area contributed by atoms with E-state index in [1.54, 1.807) is 0 Å². The fourth-order valence-corrected chi connectivity index (χ4v) is 7.82. The van der Waals surface area contributed by atoms with Gasteiger partial charge in [-0.1, -0.05) is 110 Å². The summed E-state index contributed by atoms with van der Waals surface area (Å²) >= 11 is 0. The number of hydrogen-bond donors (Lipinski definition) is 0. The maximum atomic E-state index is 6.23. The van der Waals surface area contributed by atoms with Crippen LogP contribution in [0.25, 0.3) is 0 Å². The van der Waals surface area contributed by atoms with Gasteiger partial charge in [0, 0.05) is 0 Å². The summed E-state index contributed by atoms with van der Waals surface area (Å²) in [5, 5.41) is 2.99. The third kappa shape index (κ3) is 3.59. The second kappa shape index (κ2) is 7.46. The van der Waals surface area contributed by atoms with Gasteiger partial charge in [-0.15, -0.1) is 0 Å². The monoisotopic (exact) mass is 324 g/mol. The number of unbranched alkanes of at least 4 members (excludes halogenated alkanes) is 3. The Labute approximate surface area is 141 Å². The first-order chi connectivity index (χ1) is 11.3. The van der Waals surface area contributed by atoms with E-state index < -0.39 is 8.07 Å². The van der Waals surface area contributed by atoms with Crippen molar-refractivity contribution in [3.8, 4) is 0 Å². The molecule has 1 nitrogen and oxygen atoms in total. The van der Waals surface area contributed by atoms with E-state index >= 15 is 0 Å². The normalized spacial score (nSPS) is 20.4. The zero-order chi connectivity index (χ0) is 16.1. The molecule has 0 radical (unpaired) electrons. The summed E-state index contributed by atoms with van der Waals surface area (Å²) in [4.78, 5) is 0. The molecule has 0 spiro atoms. The minimum atomic E-state index is -1.82. The van der Waals surface area contributed by atoms with Gasteiger partial charge in [-0.05, 0) is 6.42 Å². The van der Waals surface area contributed by atoms with E-state index in [0.29, 0.717) is 11.8 Å². The van der Waals surface area contributed by atoms with E-state index in [-0.39, 0.29) is 0 Å². The van der Waals surface area contributed by atoms with E-state index in [4.69, 9.17) is 4.74 Å². The van der Waals surface area contributed by atoms with Crippen LogP contribution >= 0.6 is 0 Å². The average molecular weight is 325 g/mol. The van der Waals surface area contributed by atoms with Crippen molar-refractivity contribution in [1.82, 2.24) is 0 Å². The molecular formula is C21H28OSi. The van der Waals surface area contributed by atoms with Gasteiger partial charge in [0.2, 0.25) is 0 Å². The zero-order valence-electron chi connectivity index (χ0n) is 14.4. The van der Waals surface area contributed by atoms with Gasteiger partial charge in [0.05, 0.1) is 11.8 Å².